The van der Waals surface area contributed by atoms with Crippen LogP contribution in [-0.2, 0) is 9.59 Å². The zero-order chi connectivity index (χ0) is 7.56. The fourth-order valence-corrected chi connectivity index (χ4v) is 0.622. The minimum absolute atomic E-state index is 0.132. The van der Waals surface area contributed by atoms with Gasteiger partial charge in [-0.25, -0.2) is 0 Å². The molecule has 1 aliphatic carbocycles. The second-order valence-corrected chi connectivity index (χ2v) is 1.80. The average Bonchev–Trinajstić information content (AvgIpc) is 1.94. The summed E-state index contributed by atoms with van der Waals surface area (Å²) in [6, 6.07) is 0. The van der Waals surface area contributed by atoms with E-state index in [1.165, 1.54) is 12.2 Å². The van der Waals surface area contributed by atoms with Crippen molar-refractivity contribution in [3.63, 3.8) is 0 Å². The Hall–Kier alpha value is -1.62. The van der Waals surface area contributed by atoms with Crippen LogP contribution in [0.15, 0.2) is 23.8 Å². The predicted molar refractivity (Wildman–Crippen MR) is 36.1 cm³/mol. The van der Waals surface area contributed by atoms with E-state index in [0.717, 1.165) is 6.08 Å². The Morgan fingerprint density at radius 2 is 2.00 bits per heavy atom. The number of rotatable bonds is 0. The van der Waals surface area contributed by atoms with Gasteiger partial charge in [0, 0.05) is 6.08 Å². The van der Waals surface area contributed by atoms with Crippen LogP contribution in [0.25, 0.3) is 0 Å². The summed E-state index contributed by atoms with van der Waals surface area (Å²) >= 11 is 0. The summed E-state index contributed by atoms with van der Waals surface area (Å²) in [7, 11) is 0. The van der Waals surface area contributed by atoms with Crippen LogP contribution in [0.4, 0.5) is 0 Å². The highest BCUT2D eigenvalue weighted by Gasteiger charge is 2.09. The van der Waals surface area contributed by atoms with E-state index in [1.54, 1.807) is 0 Å². The zero-order valence-electron chi connectivity index (χ0n) is 5.13. The zero-order valence-corrected chi connectivity index (χ0v) is 5.13. The van der Waals surface area contributed by atoms with Gasteiger partial charge in [-0.15, -0.1) is 6.42 Å². The Kier molecular flexibility index (Phi) is 1.51. The summed E-state index contributed by atoms with van der Waals surface area (Å²) in [4.78, 5) is 21.3. The average molecular weight is 132 g/mol. The van der Waals surface area contributed by atoms with Crippen molar-refractivity contribution in [3.05, 3.63) is 23.8 Å². The van der Waals surface area contributed by atoms with E-state index < -0.39 is 0 Å². The van der Waals surface area contributed by atoms with Crippen molar-refractivity contribution < 1.29 is 9.59 Å². The molecule has 0 spiro atoms. The maximum Gasteiger partial charge on any atom is 0.194 e. The van der Waals surface area contributed by atoms with Crippen LogP contribution in [0, 0.1) is 12.3 Å². The molecule has 0 saturated carbocycles. The van der Waals surface area contributed by atoms with Gasteiger partial charge < -0.3 is 0 Å². The number of carbonyl (C=O) groups excluding carboxylic acids is 2. The van der Waals surface area contributed by atoms with Gasteiger partial charge in [0.15, 0.2) is 11.6 Å². The Morgan fingerprint density at radius 1 is 1.30 bits per heavy atom. The SMILES string of the molecule is C#CC1=CC(=O)C=CC1=O. The lowest BCUT2D eigenvalue weighted by Crippen LogP contribution is -2.05. The van der Waals surface area contributed by atoms with Crippen molar-refractivity contribution in [2.75, 3.05) is 0 Å². The summed E-state index contributed by atoms with van der Waals surface area (Å²) in [5.74, 6) is 1.62. The Morgan fingerprint density at radius 3 is 2.50 bits per heavy atom. The maximum absolute atomic E-state index is 10.7. The normalized spacial score (nSPS) is 16.5. The number of carbonyl (C=O) groups is 2. The molecular weight excluding hydrogens is 128 g/mol. The molecule has 0 bridgehead atoms. The number of terminal acetylenes is 1. The third-order valence-corrected chi connectivity index (χ3v) is 1.11. The van der Waals surface area contributed by atoms with Gasteiger partial charge in [-0.05, 0) is 12.2 Å². The highest BCUT2D eigenvalue weighted by molar-refractivity contribution is 6.19. The molecule has 0 amide bonds. The van der Waals surface area contributed by atoms with E-state index in [9.17, 15) is 9.59 Å². The molecule has 1 aliphatic rings. The molecule has 0 unspecified atom stereocenters. The highest BCUT2D eigenvalue weighted by atomic mass is 16.1. The molecule has 0 radical (unpaired) electrons. The second kappa shape index (κ2) is 2.32. The molecule has 10 heavy (non-hydrogen) atoms. The van der Waals surface area contributed by atoms with E-state index >= 15 is 0 Å². The van der Waals surface area contributed by atoms with Gasteiger partial charge in [-0.1, -0.05) is 5.92 Å². The van der Waals surface area contributed by atoms with Gasteiger partial charge in [0.25, 0.3) is 0 Å². The molecule has 48 valence electrons. The molecular formula is C8H4O2. The standard InChI is InChI=1S/C8H4O2/c1-2-6-5-7(9)3-4-8(6)10/h1,3-5H. The largest absolute Gasteiger partial charge is 0.290 e. The van der Waals surface area contributed by atoms with Gasteiger partial charge in [-0.2, -0.15) is 0 Å². The van der Waals surface area contributed by atoms with Crippen molar-refractivity contribution in [1.29, 1.82) is 0 Å². The van der Waals surface area contributed by atoms with Gasteiger partial charge in [0.2, 0.25) is 0 Å². The number of ketones is 2. The summed E-state index contributed by atoms with van der Waals surface area (Å²) in [5, 5.41) is 0. The highest BCUT2D eigenvalue weighted by Crippen LogP contribution is 2.02. The minimum atomic E-state index is -0.276. The maximum atomic E-state index is 10.7. The third-order valence-electron chi connectivity index (χ3n) is 1.11. The monoisotopic (exact) mass is 132 g/mol. The molecule has 1 rings (SSSR count). The third kappa shape index (κ3) is 1.03. The molecule has 0 atom stereocenters. The van der Waals surface area contributed by atoms with Gasteiger partial charge in [0.1, 0.15) is 0 Å². The van der Waals surface area contributed by atoms with Crippen LogP contribution in [0.3, 0.4) is 0 Å². The number of allylic oxidation sites excluding steroid dienone is 4. The molecule has 2 nitrogen and oxygen atoms in total. The van der Waals surface area contributed by atoms with Crippen LogP contribution in [-0.4, -0.2) is 11.6 Å². The van der Waals surface area contributed by atoms with E-state index in [-0.39, 0.29) is 17.1 Å². The van der Waals surface area contributed by atoms with E-state index in [4.69, 9.17) is 6.42 Å². The molecule has 0 aromatic rings. The minimum Gasteiger partial charge on any atom is -0.290 e. The molecule has 0 aliphatic heterocycles. The smallest absolute Gasteiger partial charge is 0.194 e. The van der Waals surface area contributed by atoms with Crippen LogP contribution in [0.2, 0.25) is 0 Å². The van der Waals surface area contributed by atoms with Crippen molar-refractivity contribution in [3.8, 4) is 12.3 Å². The first-order valence-corrected chi connectivity index (χ1v) is 2.68. The molecule has 0 aromatic heterocycles. The van der Waals surface area contributed by atoms with Gasteiger partial charge in [-0.3, -0.25) is 9.59 Å². The van der Waals surface area contributed by atoms with Crippen molar-refractivity contribution in [2.24, 2.45) is 0 Å². The predicted octanol–water partition coefficient (Wildman–Crippen LogP) is 0.254. The van der Waals surface area contributed by atoms with Crippen molar-refractivity contribution >= 4 is 11.6 Å². The molecule has 0 fully saturated rings. The van der Waals surface area contributed by atoms with Crippen LogP contribution in [0.1, 0.15) is 0 Å². The van der Waals surface area contributed by atoms with Crippen LogP contribution in [0.5, 0.6) is 0 Å². The number of hydrogen-bond acceptors (Lipinski definition) is 2. The lowest BCUT2D eigenvalue weighted by Gasteiger charge is -1.96. The second-order valence-electron chi connectivity index (χ2n) is 1.80. The molecule has 0 aromatic carbocycles. The van der Waals surface area contributed by atoms with E-state index in [0.29, 0.717) is 0 Å². The topological polar surface area (TPSA) is 34.1 Å². The van der Waals surface area contributed by atoms with Crippen molar-refractivity contribution in [1.82, 2.24) is 0 Å². The van der Waals surface area contributed by atoms with E-state index in [2.05, 4.69) is 5.92 Å². The first kappa shape index (κ1) is 6.50. The first-order valence-electron chi connectivity index (χ1n) is 2.68. The van der Waals surface area contributed by atoms with Gasteiger partial charge in [0.05, 0.1) is 5.57 Å². The quantitative estimate of drug-likeness (QED) is 0.350. The first-order chi connectivity index (χ1) is 4.74. The lowest BCUT2D eigenvalue weighted by molar-refractivity contribution is -0.114. The fourth-order valence-electron chi connectivity index (χ4n) is 0.622. The van der Waals surface area contributed by atoms with Crippen LogP contribution < -0.4 is 0 Å². The summed E-state index contributed by atoms with van der Waals surface area (Å²) in [5.41, 5.74) is 0.132. The van der Waals surface area contributed by atoms with Crippen molar-refractivity contribution in [2.45, 2.75) is 0 Å². The lowest BCUT2D eigenvalue weighted by atomic mass is 10.1. The molecule has 0 saturated heterocycles. The van der Waals surface area contributed by atoms with Gasteiger partial charge >= 0.3 is 0 Å². The summed E-state index contributed by atoms with van der Waals surface area (Å²) in [6.45, 7) is 0. The summed E-state index contributed by atoms with van der Waals surface area (Å²) in [6.07, 6.45) is 8.46. The van der Waals surface area contributed by atoms with Crippen LogP contribution >= 0.6 is 0 Å². The molecule has 2 heteroatoms. The molecule has 0 heterocycles. The fraction of sp³-hybridized carbons (Fsp3) is 0. The summed E-state index contributed by atoms with van der Waals surface area (Å²) < 4.78 is 0. The number of hydrogen-bond donors (Lipinski definition) is 0. The van der Waals surface area contributed by atoms with E-state index in [1.807, 2.05) is 0 Å². The molecule has 0 N–H and O–H groups in total. The Labute approximate surface area is 58.2 Å². The Balaban J connectivity index is 3.03. The Bertz CT molecular complexity index is 287.